The third-order valence-electron chi connectivity index (χ3n) is 7.77. The van der Waals surface area contributed by atoms with Crippen LogP contribution >= 0.6 is 11.3 Å². The summed E-state index contributed by atoms with van der Waals surface area (Å²) in [5.41, 5.74) is 10.5. The van der Waals surface area contributed by atoms with E-state index in [4.69, 9.17) is 0 Å². The largest absolute Gasteiger partial charge is 0.308 e. The van der Waals surface area contributed by atoms with Gasteiger partial charge in [-0.25, -0.2) is 0 Å². The summed E-state index contributed by atoms with van der Waals surface area (Å²) in [7, 11) is 0. The fraction of sp³-hybridized carbons (Fsp3) is 0. The van der Waals surface area contributed by atoms with Crippen molar-refractivity contribution in [1.29, 1.82) is 0 Å². The molecule has 4 heterocycles. The molecule has 0 spiro atoms. The van der Waals surface area contributed by atoms with Crippen molar-refractivity contribution in [3.8, 4) is 48.8 Å². The molecule has 0 aliphatic heterocycles. The number of benzene rings is 4. The first-order chi connectivity index (χ1) is 20.8. The van der Waals surface area contributed by atoms with Gasteiger partial charge >= 0.3 is 0 Å². The summed E-state index contributed by atoms with van der Waals surface area (Å²) in [6.07, 6.45) is 7.50. The molecule has 8 rings (SSSR count). The number of rotatable bonds is 5. The fourth-order valence-corrected chi connectivity index (χ4v) is 7.17. The van der Waals surface area contributed by atoms with Crippen LogP contribution < -0.4 is 0 Å². The van der Waals surface area contributed by atoms with E-state index in [2.05, 4.69) is 130 Å². The van der Waals surface area contributed by atoms with Gasteiger partial charge in [-0.1, -0.05) is 84.9 Å². The van der Waals surface area contributed by atoms with Crippen molar-refractivity contribution in [1.82, 2.24) is 14.5 Å². The Morgan fingerprint density at radius 3 is 1.69 bits per heavy atom. The Hall–Kier alpha value is -5.32. The predicted octanol–water partition coefficient (Wildman–Crippen LogP) is 10.3. The molecule has 0 radical (unpaired) electrons. The van der Waals surface area contributed by atoms with Crippen LogP contribution in [0.3, 0.4) is 0 Å². The van der Waals surface area contributed by atoms with Crippen molar-refractivity contribution in [2.45, 2.75) is 0 Å². The third kappa shape index (κ3) is 4.12. The second kappa shape index (κ2) is 10.3. The van der Waals surface area contributed by atoms with Crippen molar-refractivity contribution in [3.05, 3.63) is 152 Å². The van der Waals surface area contributed by atoms with Gasteiger partial charge in [0.15, 0.2) is 0 Å². The van der Waals surface area contributed by atoms with Gasteiger partial charge < -0.3 is 4.57 Å². The summed E-state index contributed by atoms with van der Waals surface area (Å²) in [6, 6.07) is 45.4. The maximum Gasteiger partial charge on any atom is 0.0734 e. The van der Waals surface area contributed by atoms with Crippen LogP contribution in [0.5, 0.6) is 0 Å². The monoisotopic (exact) mass is 555 g/mol. The minimum Gasteiger partial charge on any atom is -0.308 e. The van der Waals surface area contributed by atoms with Gasteiger partial charge in [0, 0.05) is 57.3 Å². The van der Waals surface area contributed by atoms with Crippen LogP contribution in [0.1, 0.15) is 0 Å². The Bertz CT molecular complexity index is 2180. The van der Waals surface area contributed by atoms with E-state index in [0.717, 1.165) is 27.9 Å². The lowest BCUT2D eigenvalue weighted by Crippen LogP contribution is -1.93. The summed E-state index contributed by atoms with van der Waals surface area (Å²) in [5.74, 6) is 0. The second-order valence-electron chi connectivity index (χ2n) is 10.3. The molecule has 0 aliphatic carbocycles. The lowest BCUT2D eigenvalue weighted by atomic mass is 10.0. The van der Waals surface area contributed by atoms with E-state index in [9.17, 15) is 0 Å². The molecular formula is C38H25N3S. The molecule has 4 heteroatoms. The molecule has 0 unspecified atom stereocenters. The number of fused-ring (bicyclic) bond motifs is 3. The minimum absolute atomic E-state index is 1.11. The molecule has 0 fully saturated rings. The summed E-state index contributed by atoms with van der Waals surface area (Å²) in [4.78, 5) is 11.2. The molecule has 198 valence electrons. The number of aromatic nitrogens is 3. The number of nitrogens with zero attached hydrogens (tertiary/aromatic N) is 3. The van der Waals surface area contributed by atoms with Gasteiger partial charge in [-0.2, -0.15) is 0 Å². The van der Waals surface area contributed by atoms with Crippen LogP contribution in [0.2, 0.25) is 0 Å². The van der Waals surface area contributed by atoms with E-state index in [1.807, 2.05) is 48.3 Å². The van der Waals surface area contributed by atoms with E-state index < -0.39 is 0 Å². The first-order valence-electron chi connectivity index (χ1n) is 14.0. The van der Waals surface area contributed by atoms with Crippen LogP contribution in [0.15, 0.2) is 152 Å². The third-order valence-corrected chi connectivity index (χ3v) is 9.05. The van der Waals surface area contributed by atoms with E-state index in [0.29, 0.717) is 0 Å². The first kappa shape index (κ1) is 24.5. The number of para-hydroxylation sites is 2. The lowest BCUT2D eigenvalue weighted by Gasteiger charge is -2.10. The topological polar surface area (TPSA) is 30.7 Å². The van der Waals surface area contributed by atoms with Gasteiger partial charge in [0.2, 0.25) is 0 Å². The van der Waals surface area contributed by atoms with Gasteiger partial charge in [0.1, 0.15) is 0 Å². The molecule has 42 heavy (non-hydrogen) atoms. The Morgan fingerprint density at radius 2 is 1.05 bits per heavy atom. The van der Waals surface area contributed by atoms with Crippen molar-refractivity contribution in [2.75, 3.05) is 0 Å². The molecule has 4 aromatic carbocycles. The average molecular weight is 556 g/mol. The molecule has 0 N–H and O–H groups in total. The van der Waals surface area contributed by atoms with E-state index in [-0.39, 0.29) is 0 Å². The normalized spacial score (nSPS) is 11.3. The highest BCUT2D eigenvalue weighted by molar-refractivity contribution is 7.21. The molecule has 3 nitrogen and oxygen atoms in total. The summed E-state index contributed by atoms with van der Waals surface area (Å²) >= 11 is 1.87. The molecule has 8 aromatic rings. The predicted molar refractivity (Wildman–Crippen MR) is 176 cm³/mol. The van der Waals surface area contributed by atoms with Crippen molar-refractivity contribution >= 4 is 33.1 Å². The van der Waals surface area contributed by atoms with Crippen molar-refractivity contribution in [2.24, 2.45) is 0 Å². The van der Waals surface area contributed by atoms with Crippen LogP contribution in [0, 0.1) is 0 Å². The number of hydrogen-bond acceptors (Lipinski definition) is 3. The maximum absolute atomic E-state index is 4.37. The molecular weight excluding hydrogens is 531 g/mol. The first-order valence-corrected chi connectivity index (χ1v) is 14.8. The summed E-state index contributed by atoms with van der Waals surface area (Å²) in [6.45, 7) is 0. The van der Waals surface area contributed by atoms with Crippen molar-refractivity contribution in [3.63, 3.8) is 0 Å². The highest BCUT2D eigenvalue weighted by atomic mass is 32.1. The maximum atomic E-state index is 4.37. The second-order valence-corrected chi connectivity index (χ2v) is 11.3. The number of hydrogen-bond donors (Lipinski definition) is 0. The van der Waals surface area contributed by atoms with Crippen LogP contribution in [-0.2, 0) is 0 Å². The van der Waals surface area contributed by atoms with Crippen LogP contribution in [0.4, 0.5) is 0 Å². The van der Waals surface area contributed by atoms with Gasteiger partial charge in [-0.05, 0) is 64.7 Å². The van der Waals surface area contributed by atoms with Gasteiger partial charge in [0.05, 0.1) is 15.9 Å². The lowest BCUT2D eigenvalue weighted by molar-refractivity contribution is 1.18. The summed E-state index contributed by atoms with van der Waals surface area (Å²) in [5, 5.41) is 2.54. The average Bonchev–Trinajstić information content (AvgIpc) is 3.62. The Morgan fingerprint density at radius 1 is 0.476 bits per heavy atom. The number of pyridine rings is 2. The fourth-order valence-electron chi connectivity index (χ4n) is 5.88. The smallest absolute Gasteiger partial charge is 0.0734 e. The summed E-state index contributed by atoms with van der Waals surface area (Å²) < 4.78 is 2.43. The van der Waals surface area contributed by atoms with Gasteiger partial charge in [-0.3, -0.25) is 9.97 Å². The molecule has 0 aliphatic rings. The molecule has 4 aromatic heterocycles. The molecule has 0 saturated heterocycles. The van der Waals surface area contributed by atoms with E-state index >= 15 is 0 Å². The van der Waals surface area contributed by atoms with E-state index in [1.165, 1.54) is 42.7 Å². The number of thiophene rings is 1. The van der Waals surface area contributed by atoms with Gasteiger partial charge in [-0.15, -0.1) is 11.3 Å². The molecule has 0 saturated carbocycles. The van der Waals surface area contributed by atoms with Crippen molar-refractivity contribution < 1.29 is 0 Å². The molecule has 0 atom stereocenters. The highest BCUT2D eigenvalue weighted by Gasteiger charge is 2.23. The highest BCUT2D eigenvalue weighted by Crippen LogP contribution is 2.50. The Balaban J connectivity index is 1.45. The standard InChI is InChI=1S/C38H25N3S/c1-2-16-32(17-3-1)41-34-19-5-4-18-33(34)35-36(41)38(29-13-7-11-27(23-29)31-15-9-21-40-25-31)42-37(35)28-12-6-10-26(22-28)30-14-8-20-39-24-30/h1-25H. The minimum atomic E-state index is 1.11. The van der Waals surface area contributed by atoms with Crippen LogP contribution in [-0.4, -0.2) is 14.5 Å². The Kier molecular flexibility index (Phi) is 5.98. The SMILES string of the molecule is c1ccc(-n2c3ccccc3c3c(-c4cccc(-c5cccnc5)c4)sc(-c4cccc(-c5cccnc5)c4)c32)cc1. The molecule has 0 amide bonds. The van der Waals surface area contributed by atoms with Crippen LogP contribution in [0.25, 0.3) is 70.6 Å². The zero-order chi connectivity index (χ0) is 27.9. The molecule has 0 bridgehead atoms. The quantitative estimate of drug-likeness (QED) is 0.211. The zero-order valence-electron chi connectivity index (χ0n) is 22.7. The zero-order valence-corrected chi connectivity index (χ0v) is 23.5. The van der Waals surface area contributed by atoms with E-state index in [1.54, 1.807) is 0 Å². The Labute approximate surface area is 248 Å². The van der Waals surface area contributed by atoms with Gasteiger partial charge in [0.25, 0.3) is 0 Å².